The van der Waals surface area contributed by atoms with Gasteiger partial charge in [0, 0.05) is 23.5 Å². The number of hydrogen-bond donors (Lipinski definition) is 0. The molecule has 0 N–H and O–H groups in total. The van der Waals surface area contributed by atoms with Crippen molar-refractivity contribution in [2.75, 3.05) is 7.11 Å². The zero-order valence-electron chi connectivity index (χ0n) is 8.75. The van der Waals surface area contributed by atoms with Crippen LogP contribution in [0.3, 0.4) is 0 Å². The van der Waals surface area contributed by atoms with Crippen LogP contribution in [0.25, 0.3) is 11.1 Å². The van der Waals surface area contributed by atoms with Gasteiger partial charge in [0.25, 0.3) is 0 Å². The van der Waals surface area contributed by atoms with Gasteiger partial charge in [0.15, 0.2) is 6.29 Å². The third-order valence-electron chi connectivity index (χ3n) is 2.21. The second-order valence-electron chi connectivity index (χ2n) is 3.16. The minimum absolute atomic E-state index is 0.312. The summed E-state index contributed by atoms with van der Waals surface area (Å²) in [6.45, 7) is 0. The summed E-state index contributed by atoms with van der Waals surface area (Å²) in [6.07, 6.45) is 4.09. The molecule has 0 amide bonds. The van der Waals surface area contributed by atoms with E-state index < -0.39 is 0 Å². The molecule has 2 rings (SSSR count). The van der Waals surface area contributed by atoms with E-state index in [4.69, 9.17) is 4.74 Å². The van der Waals surface area contributed by atoms with Gasteiger partial charge < -0.3 is 4.74 Å². The van der Waals surface area contributed by atoms with Crippen LogP contribution in [0, 0.1) is 0 Å². The SMILES string of the molecule is COc1ncc(-c2ccccc2C=O)cn1. The molecule has 1 aromatic carbocycles. The Morgan fingerprint density at radius 2 is 1.88 bits per heavy atom. The molecule has 0 radical (unpaired) electrons. The van der Waals surface area contributed by atoms with Crippen molar-refractivity contribution in [1.82, 2.24) is 9.97 Å². The zero-order chi connectivity index (χ0) is 11.4. The van der Waals surface area contributed by atoms with Crippen LogP contribution in [-0.2, 0) is 0 Å². The van der Waals surface area contributed by atoms with Gasteiger partial charge >= 0.3 is 6.01 Å². The van der Waals surface area contributed by atoms with Gasteiger partial charge in [-0.05, 0) is 5.56 Å². The number of methoxy groups -OCH3 is 1. The Morgan fingerprint density at radius 1 is 1.19 bits per heavy atom. The summed E-state index contributed by atoms with van der Waals surface area (Å²) < 4.78 is 4.87. The van der Waals surface area contributed by atoms with Crippen LogP contribution in [-0.4, -0.2) is 23.4 Å². The monoisotopic (exact) mass is 214 g/mol. The van der Waals surface area contributed by atoms with E-state index in [9.17, 15) is 4.79 Å². The molecule has 0 aliphatic carbocycles. The van der Waals surface area contributed by atoms with E-state index in [2.05, 4.69) is 9.97 Å². The van der Waals surface area contributed by atoms with Crippen LogP contribution in [0.4, 0.5) is 0 Å². The van der Waals surface area contributed by atoms with Gasteiger partial charge in [0.05, 0.1) is 7.11 Å². The van der Waals surface area contributed by atoms with E-state index in [0.717, 1.165) is 17.4 Å². The van der Waals surface area contributed by atoms with E-state index >= 15 is 0 Å². The Bertz CT molecular complexity index is 495. The summed E-state index contributed by atoms with van der Waals surface area (Å²) in [5, 5.41) is 0. The molecule has 4 nitrogen and oxygen atoms in total. The zero-order valence-corrected chi connectivity index (χ0v) is 8.75. The van der Waals surface area contributed by atoms with Crippen LogP contribution in [0.15, 0.2) is 36.7 Å². The van der Waals surface area contributed by atoms with Crippen molar-refractivity contribution in [3.05, 3.63) is 42.2 Å². The van der Waals surface area contributed by atoms with Gasteiger partial charge in [-0.25, -0.2) is 9.97 Å². The van der Waals surface area contributed by atoms with Crippen molar-refractivity contribution in [1.29, 1.82) is 0 Å². The van der Waals surface area contributed by atoms with Crippen molar-refractivity contribution in [3.63, 3.8) is 0 Å². The average molecular weight is 214 g/mol. The largest absolute Gasteiger partial charge is 0.467 e. The molecule has 1 aromatic heterocycles. The molecular weight excluding hydrogens is 204 g/mol. The van der Waals surface area contributed by atoms with E-state index in [0.29, 0.717) is 11.6 Å². The molecule has 0 saturated carbocycles. The van der Waals surface area contributed by atoms with Gasteiger partial charge in [-0.15, -0.1) is 0 Å². The molecule has 2 aromatic rings. The normalized spacial score (nSPS) is 9.81. The Balaban J connectivity index is 2.46. The van der Waals surface area contributed by atoms with Gasteiger partial charge in [-0.1, -0.05) is 24.3 Å². The molecule has 0 fully saturated rings. The van der Waals surface area contributed by atoms with Crippen molar-refractivity contribution in [3.8, 4) is 17.1 Å². The summed E-state index contributed by atoms with van der Waals surface area (Å²) in [7, 11) is 1.51. The Kier molecular flexibility index (Phi) is 2.91. The molecule has 0 unspecified atom stereocenters. The number of hydrogen-bond acceptors (Lipinski definition) is 4. The third-order valence-corrected chi connectivity index (χ3v) is 2.21. The molecule has 1 heterocycles. The van der Waals surface area contributed by atoms with Crippen molar-refractivity contribution >= 4 is 6.29 Å². The van der Waals surface area contributed by atoms with E-state index in [1.807, 2.05) is 18.2 Å². The lowest BCUT2D eigenvalue weighted by molar-refractivity contribution is 0.112. The highest BCUT2D eigenvalue weighted by atomic mass is 16.5. The highest BCUT2D eigenvalue weighted by Crippen LogP contribution is 2.21. The Labute approximate surface area is 92.9 Å². The van der Waals surface area contributed by atoms with Crippen LogP contribution >= 0.6 is 0 Å². The van der Waals surface area contributed by atoms with E-state index in [1.54, 1.807) is 18.5 Å². The smallest absolute Gasteiger partial charge is 0.316 e. The molecule has 0 aliphatic rings. The number of aromatic nitrogens is 2. The number of benzene rings is 1. The summed E-state index contributed by atoms with van der Waals surface area (Å²) in [5.74, 6) is 0. The van der Waals surface area contributed by atoms with Gasteiger partial charge in [-0.2, -0.15) is 0 Å². The molecule has 80 valence electrons. The van der Waals surface area contributed by atoms with Crippen LogP contribution in [0.1, 0.15) is 10.4 Å². The first-order chi connectivity index (χ1) is 7.85. The minimum Gasteiger partial charge on any atom is -0.467 e. The second-order valence-corrected chi connectivity index (χ2v) is 3.16. The van der Waals surface area contributed by atoms with Crippen molar-refractivity contribution < 1.29 is 9.53 Å². The topological polar surface area (TPSA) is 52.1 Å². The maximum atomic E-state index is 10.9. The lowest BCUT2D eigenvalue weighted by Gasteiger charge is -2.04. The number of ether oxygens (including phenoxy) is 1. The number of carbonyl (C=O) groups is 1. The summed E-state index contributed by atoms with van der Waals surface area (Å²) in [4.78, 5) is 18.9. The molecule has 0 spiro atoms. The summed E-state index contributed by atoms with van der Waals surface area (Å²) >= 11 is 0. The molecule has 4 heteroatoms. The highest BCUT2D eigenvalue weighted by molar-refractivity contribution is 5.87. The van der Waals surface area contributed by atoms with Crippen molar-refractivity contribution in [2.45, 2.75) is 0 Å². The average Bonchev–Trinajstić information content (AvgIpc) is 2.39. The molecule has 0 bridgehead atoms. The predicted octanol–water partition coefficient (Wildman–Crippen LogP) is 1.96. The van der Waals surface area contributed by atoms with Gasteiger partial charge in [0.1, 0.15) is 0 Å². The number of carbonyl (C=O) groups excluding carboxylic acids is 1. The second kappa shape index (κ2) is 4.53. The van der Waals surface area contributed by atoms with Gasteiger partial charge in [0.2, 0.25) is 0 Å². The van der Waals surface area contributed by atoms with Crippen LogP contribution < -0.4 is 4.74 Å². The quantitative estimate of drug-likeness (QED) is 0.733. The van der Waals surface area contributed by atoms with Gasteiger partial charge in [-0.3, -0.25) is 4.79 Å². The first-order valence-electron chi connectivity index (χ1n) is 4.76. The summed E-state index contributed by atoms with van der Waals surface area (Å²) in [6, 6.07) is 7.61. The van der Waals surface area contributed by atoms with Crippen LogP contribution in [0.2, 0.25) is 0 Å². The fourth-order valence-corrected chi connectivity index (χ4v) is 1.42. The highest BCUT2D eigenvalue weighted by Gasteiger charge is 2.04. The minimum atomic E-state index is 0.312. The fraction of sp³-hybridized carbons (Fsp3) is 0.0833. The Morgan fingerprint density at radius 3 is 2.50 bits per heavy atom. The van der Waals surface area contributed by atoms with Crippen molar-refractivity contribution in [2.24, 2.45) is 0 Å². The van der Waals surface area contributed by atoms with E-state index in [1.165, 1.54) is 7.11 Å². The molecule has 16 heavy (non-hydrogen) atoms. The standard InChI is InChI=1S/C12H10N2O2/c1-16-12-13-6-10(7-14-12)11-5-3-2-4-9(11)8-15/h2-8H,1H3. The maximum absolute atomic E-state index is 10.9. The van der Waals surface area contributed by atoms with Crippen LogP contribution in [0.5, 0.6) is 6.01 Å². The number of nitrogens with zero attached hydrogens (tertiary/aromatic N) is 2. The molecule has 0 aliphatic heterocycles. The molecule has 0 atom stereocenters. The van der Waals surface area contributed by atoms with E-state index in [-0.39, 0.29) is 0 Å². The summed E-state index contributed by atoms with van der Waals surface area (Å²) in [5.41, 5.74) is 2.24. The maximum Gasteiger partial charge on any atom is 0.316 e. The lowest BCUT2D eigenvalue weighted by Crippen LogP contribution is -1.93. The molecular formula is C12H10N2O2. The first-order valence-corrected chi connectivity index (χ1v) is 4.76. The lowest BCUT2D eigenvalue weighted by atomic mass is 10.0. The fourth-order valence-electron chi connectivity index (χ4n) is 1.42. The number of aldehydes is 1. The predicted molar refractivity (Wildman–Crippen MR) is 59.4 cm³/mol. The molecule has 0 saturated heterocycles. The third kappa shape index (κ3) is 1.91. The number of rotatable bonds is 3. The first kappa shape index (κ1) is 10.3. The Hall–Kier alpha value is -2.23.